The second kappa shape index (κ2) is 3.28. The van der Waals surface area contributed by atoms with Crippen LogP contribution in [0.5, 0.6) is 0 Å². The van der Waals surface area contributed by atoms with Crippen molar-refractivity contribution in [3.8, 4) is 6.07 Å². The minimum atomic E-state index is 0.153. The van der Waals surface area contributed by atoms with Crippen molar-refractivity contribution in [2.24, 2.45) is 0 Å². The average Bonchev–Trinajstić information content (AvgIpc) is 2.17. The van der Waals surface area contributed by atoms with E-state index in [1.807, 2.05) is 0 Å². The Hall–Kier alpha value is -0.810. The molecule has 0 aromatic rings. The van der Waals surface area contributed by atoms with Crippen molar-refractivity contribution in [1.82, 2.24) is 4.90 Å². The molecule has 2 aliphatic heterocycles. The zero-order valence-corrected chi connectivity index (χ0v) is 7.24. The summed E-state index contributed by atoms with van der Waals surface area (Å²) in [6, 6.07) is 3.10. The van der Waals surface area contributed by atoms with Gasteiger partial charge in [0, 0.05) is 12.6 Å². The fraction of sp³-hybridized carbons (Fsp3) is 0.700. The fourth-order valence-corrected chi connectivity index (χ4v) is 2.20. The summed E-state index contributed by atoms with van der Waals surface area (Å²) in [5.74, 6) is 0. The molecule has 2 heteroatoms. The summed E-state index contributed by atoms with van der Waals surface area (Å²) in [7, 11) is 0. The molecule has 0 amide bonds. The smallest absolute Gasteiger partial charge is 0.102 e. The van der Waals surface area contributed by atoms with Crippen LogP contribution in [0.4, 0.5) is 0 Å². The van der Waals surface area contributed by atoms with Crippen molar-refractivity contribution in [3.05, 3.63) is 12.2 Å². The molecule has 0 radical (unpaired) electrons. The van der Waals surface area contributed by atoms with E-state index in [4.69, 9.17) is 5.26 Å². The lowest BCUT2D eigenvalue weighted by atomic mass is 9.95. The largest absolute Gasteiger partial charge is 0.281 e. The number of nitriles is 1. The normalized spacial score (nSPS) is 35.6. The Kier molecular flexibility index (Phi) is 2.14. The SMILES string of the molecule is N#C[C@@H]1CC=C[C@H]2CCCCN12. The topological polar surface area (TPSA) is 27.0 Å². The van der Waals surface area contributed by atoms with Gasteiger partial charge in [-0.2, -0.15) is 5.26 Å². The Morgan fingerprint density at radius 2 is 2.33 bits per heavy atom. The van der Waals surface area contributed by atoms with Crippen molar-refractivity contribution in [2.75, 3.05) is 6.54 Å². The molecule has 0 N–H and O–H groups in total. The second-order valence-electron chi connectivity index (χ2n) is 3.61. The summed E-state index contributed by atoms with van der Waals surface area (Å²) in [5.41, 5.74) is 0. The maximum Gasteiger partial charge on any atom is 0.102 e. The first kappa shape index (κ1) is 7.82. The van der Waals surface area contributed by atoms with Gasteiger partial charge in [-0.3, -0.25) is 4.90 Å². The summed E-state index contributed by atoms with van der Waals surface area (Å²) in [4.78, 5) is 2.35. The minimum absolute atomic E-state index is 0.153. The van der Waals surface area contributed by atoms with E-state index < -0.39 is 0 Å². The summed E-state index contributed by atoms with van der Waals surface area (Å²) >= 11 is 0. The zero-order valence-electron chi connectivity index (χ0n) is 7.24. The Morgan fingerprint density at radius 3 is 3.17 bits per heavy atom. The first-order valence-corrected chi connectivity index (χ1v) is 4.74. The fourth-order valence-electron chi connectivity index (χ4n) is 2.20. The highest BCUT2D eigenvalue weighted by atomic mass is 15.2. The van der Waals surface area contributed by atoms with Gasteiger partial charge in [-0.05, 0) is 19.3 Å². The lowest BCUT2D eigenvalue weighted by Crippen LogP contribution is -2.46. The summed E-state index contributed by atoms with van der Waals surface area (Å²) in [6.45, 7) is 1.12. The van der Waals surface area contributed by atoms with Gasteiger partial charge in [0.15, 0.2) is 0 Å². The highest BCUT2D eigenvalue weighted by molar-refractivity contribution is 5.10. The number of piperidine rings is 1. The second-order valence-corrected chi connectivity index (χ2v) is 3.61. The first-order valence-electron chi connectivity index (χ1n) is 4.74. The van der Waals surface area contributed by atoms with Crippen molar-refractivity contribution in [3.63, 3.8) is 0 Å². The molecule has 0 bridgehead atoms. The predicted octanol–water partition coefficient (Wildman–Crippen LogP) is 1.69. The van der Waals surface area contributed by atoms with E-state index in [0.29, 0.717) is 6.04 Å². The van der Waals surface area contributed by atoms with Crippen LogP contribution in [0.3, 0.4) is 0 Å². The van der Waals surface area contributed by atoms with Crippen LogP contribution in [0, 0.1) is 11.3 Å². The average molecular weight is 162 g/mol. The van der Waals surface area contributed by atoms with Crippen LogP contribution in [-0.2, 0) is 0 Å². The highest BCUT2D eigenvalue weighted by Gasteiger charge is 2.28. The number of hydrogen-bond acceptors (Lipinski definition) is 2. The van der Waals surface area contributed by atoms with Gasteiger partial charge in [0.1, 0.15) is 6.04 Å². The summed E-state index contributed by atoms with van der Waals surface area (Å²) < 4.78 is 0. The van der Waals surface area contributed by atoms with E-state index in [9.17, 15) is 0 Å². The first-order chi connectivity index (χ1) is 5.92. The molecule has 0 unspecified atom stereocenters. The molecular weight excluding hydrogens is 148 g/mol. The van der Waals surface area contributed by atoms with Crippen molar-refractivity contribution in [1.29, 1.82) is 5.26 Å². The molecule has 1 fully saturated rings. The molecule has 0 aromatic carbocycles. The molecule has 0 aromatic heterocycles. The third-order valence-corrected chi connectivity index (χ3v) is 2.86. The predicted molar refractivity (Wildman–Crippen MR) is 47.5 cm³/mol. The number of hydrogen-bond donors (Lipinski definition) is 0. The highest BCUT2D eigenvalue weighted by Crippen LogP contribution is 2.25. The van der Waals surface area contributed by atoms with Crippen LogP contribution < -0.4 is 0 Å². The third kappa shape index (κ3) is 1.25. The number of nitrogens with zero attached hydrogens (tertiary/aromatic N) is 2. The molecule has 0 aliphatic carbocycles. The van der Waals surface area contributed by atoms with Gasteiger partial charge in [-0.25, -0.2) is 0 Å². The quantitative estimate of drug-likeness (QED) is 0.507. The van der Waals surface area contributed by atoms with Crippen molar-refractivity contribution in [2.45, 2.75) is 37.8 Å². The number of rotatable bonds is 0. The minimum Gasteiger partial charge on any atom is -0.281 e. The Balaban J connectivity index is 2.13. The van der Waals surface area contributed by atoms with Crippen LogP contribution >= 0.6 is 0 Å². The van der Waals surface area contributed by atoms with E-state index in [1.54, 1.807) is 0 Å². The van der Waals surface area contributed by atoms with E-state index in [-0.39, 0.29) is 6.04 Å². The Bertz CT molecular complexity index is 226. The van der Waals surface area contributed by atoms with Crippen LogP contribution in [0.25, 0.3) is 0 Å². The standard InChI is InChI=1S/C10H14N2/c11-8-10-6-3-5-9-4-1-2-7-12(9)10/h3,5,9-10H,1-2,4,6-7H2/t9-,10+/m1/s1. The van der Waals surface area contributed by atoms with Gasteiger partial charge in [-0.15, -0.1) is 0 Å². The van der Waals surface area contributed by atoms with Crippen LogP contribution in [0.1, 0.15) is 25.7 Å². The molecule has 1 saturated heterocycles. The zero-order chi connectivity index (χ0) is 8.39. The molecule has 2 atom stereocenters. The lowest BCUT2D eigenvalue weighted by Gasteiger charge is -2.39. The van der Waals surface area contributed by atoms with Crippen molar-refractivity contribution < 1.29 is 0 Å². The molecule has 2 rings (SSSR count). The molecule has 0 spiro atoms. The lowest BCUT2D eigenvalue weighted by molar-refractivity contribution is 0.141. The third-order valence-electron chi connectivity index (χ3n) is 2.86. The maximum absolute atomic E-state index is 8.90. The van der Waals surface area contributed by atoms with E-state index >= 15 is 0 Å². The molecule has 2 nitrogen and oxygen atoms in total. The number of fused-ring (bicyclic) bond motifs is 1. The van der Waals surface area contributed by atoms with E-state index in [2.05, 4.69) is 23.1 Å². The van der Waals surface area contributed by atoms with Crippen LogP contribution in [0.15, 0.2) is 12.2 Å². The molecule has 64 valence electrons. The molecule has 12 heavy (non-hydrogen) atoms. The van der Waals surface area contributed by atoms with Crippen LogP contribution in [-0.4, -0.2) is 23.5 Å². The van der Waals surface area contributed by atoms with Gasteiger partial charge < -0.3 is 0 Å². The Morgan fingerprint density at radius 1 is 1.42 bits per heavy atom. The van der Waals surface area contributed by atoms with Gasteiger partial charge in [-0.1, -0.05) is 18.6 Å². The summed E-state index contributed by atoms with van der Waals surface area (Å²) in [5, 5.41) is 8.90. The van der Waals surface area contributed by atoms with Gasteiger partial charge in [0.2, 0.25) is 0 Å². The van der Waals surface area contributed by atoms with Gasteiger partial charge in [0.05, 0.1) is 6.07 Å². The summed E-state index contributed by atoms with van der Waals surface area (Å²) in [6.07, 6.45) is 9.20. The van der Waals surface area contributed by atoms with Crippen LogP contribution in [0.2, 0.25) is 0 Å². The van der Waals surface area contributed by atoms with E-state index in [1.165, 1.54) is 19.3 Å². The maximum atomic E-state index is 8.90. The monoisotopic (exact) mass is 162 g/mol. The molecule has 0 saturated carbocycles. The molecular formula is C10H14N2. The van der Waals surface area contributed by atoms with Crippen molar-refractivity contribution >= 4 is 0 Å². The molecule has 2 aliphatic rings. The molecule has 2 heterocycles. The van der Waals surface area contributed by atoms with E-state index in [0.717, 1.165) is 13.0 Å². The Labute approximate surface area is 73.5 Å². The van der Waals surface area contributed by atoms with Gasteiger partial charge >= 0.3 is 0 Å². The van der Waals surface area contributed by atoms with Gasteiger partial charge in [0.25, 0.3) is 0 Å².